The van der Waals surface area contributed by atoms with Gasteiger partial charge in [0.1, 0.15) is 5.75 Å². The van der Waals surface area contributed by atoms with E-state index in [0.29, 0.717) is 0 Å². The summed E-state index contributed by atoms with van der Waals surface area (Å²) in [5, 5.41) is 10.6. The Morgan fingerprint density at radius 2 is 2.13 bits per heavy atom. The summed E-state index contributed by atoms with van der Waals surface area (Å²) in [6, 6.07) is 2.54. The van der Waals surface area contributed by atoms with Crippen LogP contribution in [0, 0.1) is 17.0 Å². The van der Waals surface area contributed by atoms with Crippen molar-refractivity contribution in [2.45, 2.75) is 13.5 Å². The fourth-order valence-electron chi connectivity index (χ4n) is 1.10. The van der Waals surface area contributed by atoms with Crippen LogP contribution in [0.3, 0.4) is 0 Å². The number of hydrogen-bond donors (Lipinski definition) is 0. The zero-order valence-electron chi connectivity index (χ0n) is 7.54. The maximum absolute atomic E-state index is 11.9. The van der Waals surface area contributed by atoms with E-state index in [0.717, 1.165) is 0 Å². The summed E-state index contributed by atoms with van der Waals surface area (Å²) in [7, 11) is 0. The SMILES string of the molecule is Cc1c(OC(F)F)ccc(Br)c1[N+](=O)[O-]. The molecule has 0 heterocycles. The van der Waals surface area contributed by atoms with Gasteiger partial charge in [-0.05, 0) is 35.0 Å². The second kappa shape index (κ2) is 4.52. The predicted molar refractivity (Wildman–Crippen MR) is 52.2 cm³/mol. The lowest BCUT2D eigenvalue weighted by atomic mass is 10.2. The van der Waals surface area contributed by atoms with Crippen molar-refractivity contribution in [2.24, 2.45) is 0 Å². The van der Waals surface area contributed by atoms with Crippen molar-refractivity contribution in [2.75, 3.05) is 0 Å². The van der Waals surface area contributed by atoms with Crippen molar-refractivity contribution >= 4 is 21.6 Å². The molecule has 0 aliphatic carbocycles. The standard InChI is InChI=1S/C8H6BrF2NO3/c1-4-6(15-8(10)11)3-2-5(9)7(4)12(13)14/h2-3,8H,1H3. The fourth-order valence-corrected chi connectivity index (χ4v) is 1.67. The van der Waals surface area contributed by atoms with Crippen LogP contribution < -0.4 is 4.74 Å². The molecule has 0 aliphatic rings. The third-order valence-electron chi connectivity index (χ3n) is 1.73. The van der Waals surface area contributed by atoms with Crippen LogP contribution in [0.5, 0.6) is 5.75 Å². The molecule has 0 spiro atoms. The zero-order chi connectivity index (χ0) is 11.6. The number of ether oxygens (including phenoxy) is 1. The van der Waals surface area contributed by atoms with E-state index < -0.39 is 11.5 Å². The first-order valence-corrected chi connectivity index (χ1v) is 4.61. The van der Waals surface area contributed by atoms with E-state index in [1.807, 2.05) is 0 Å². The minimum Gasteiger partial charge on any atom is -0.434 e. The number of hydrogen-bond acceptors (Lipinski definition) is 3. The van der Waals surface area contributed by atoms with Crippen LogP contribution in [0.15, 0.2) is 16.6 Å². The highest BCUT2D eigenvalue weighted by molar-refractivity contribution is 9.10. The second-order valence-electron chi connectivity index (χ2n) is 2.65. The average molecular weight is 282 g/mol. The number of nitro benzene ring substituents is 1. The molecule has 0 atom stereocenters. The molecule has 0 bridgehead atoms. The Morgan fingerprint density at radius 1 is 1.53 bits per heavy atom. The van der Waals surface area contributed by atoms with Crippen LogP contribution in [0.1, 0.15) is 5.56 Å². The highest BCUT2D eigenvalue weighted by Crippen LogP contribution is 2.35. The van der Waals surface area contributed by atoms with E-state index in [9.17, 15) is 18.9 Å². The summed E-state index contributed by atoms with van der Waals surface area (Å²) in [5.41, 5.74) is -0.206. The van der Waals surface area contributed by atoms with E-state index in [1.54, 1.807) is 0 Å². The maximum Gasteiger partial charge on any atom is 0.387 e. The molecule has 0 amide bonds. The van der Waals surface area contributed by atoms with Gasteiger partial charge in [-0.2, -0.15) is 8.78 Å². The molecule has 0 saturated heterocycles. The summed E-state index contributed by atoms with van der Waals surface area (Å²) in [6.07, 6.45) is 0. The molecule has 0 unspecified atom stereocenters. The van der Waals surface area contributed by atoms with Crippen molar-refractivity contribution < 1.29 is 18.4 Å². The van der Waals surface area contributed by atoms with Gasteiger partial charge in [0, 0.05) is 0 Å². The minimum absolute atomic E-state index is 0.0645. The number of benzene rings is 1. The Morgan fingerprint density at radius 3 is 2.60 bits per heavy atom. The summed E-state index contributed by atoms with van der Waals surface area (Å²) in [5.74, 6) is -0.195. The molecule has 0 fully saturated rings. The molecule has 7 heteroatoms. The largest absolute Gasteiger partial charge is 0.434 e. The summed E-state index contributed by atoms with van der Waals surface area (Å²) >= 11 is 2.96. The Hall–Kier alpha value is -1.24. The molecule has 4 nitrogen and oxygen atoms in total. The van der Waals surface area contributed by atoms with Gasteiger partial charge in [0.15, 0.2) is 0 Å². The van der Waals surface area contributed by atoms with Gasteiger partial charge < -0.3 is 4.74 Å². The number of halogens is 3. The van der Waals surface area contributed by atoms with Gasteiger partial charge >= 0.3 is 6.61 Å². The molecular formula is C8H6BrF2NO3. The van der Waals surface area contributed by atoms with Crippen LogP contribution in [0.4, 0.5) is 14.5 Å². The lowest BCUT2D eigenvalue weighted by Gasteiger charge is -2.08. The van der Waals surface area contributed by atoms with Gasteiger partial charge in [-0.3, -0.25) is 10.1 Å². The maximum atomic E-state index is 11.9. The zero-order valence-corrected chi connectivity index (χ0v) is 9.12. The molecule has 1 aromatic carbocycles. The third-order valence-corrected chi connectivity index (χ3v) is 2.37. The van der Waals surface area contributed by atoms with Crippen molar-refractivity contribution in [3.8, 4) is 5.75 Å². The first-order valence-electron chi connectivity index (χ1n) is 3.81. The molecular weight excluding hydrogens is 276 g/mol. The summed E-state index contributed by atoms with van der Waals surface area (Å²) in [4.78, 5) is 9.96. The number of nitro groups is 1. The van der Waals surface area contributed by atoms with Crippen LogP contribution in [-0.4, -0.2) is 11.5 Å². The minimum atomic E-state index is -3.00. The quantitative estimate of drug-likeness (QED) is 0.631. The number of nitrogens with zero attached hydrogens (tertiary/aromatic N) is 1. The number of alkyl halides is 2. The normalized spacial score (nSPS) is 10.5. The molecule has 0 saturated carbocycles. The average Bonchev–Trinajstić information content (AvgIpc) is 2.09. The summed E-state index contributed by atoms with van der Waals surface area (Å²) in [6.45, 7) is -1.65. The fraction of sp³-hybridized carbons (Fsp3) is 0.250. The first-order chi connectivity index (χ1) is 6.93. The monoisotopic (exact) mass is 281 g/mol. The first kappa shape index (κ1) is 11.8. The van der Waals surface area contributed by atoms with Crippen LogP contribution >= 0.6 is 15.9 Å². The van der Waals surface area contributed by atoms with Gasteiger partial charge in [0.05, 0.1) is 15.0 Å². The third kappa shape index (κ3) is 2.62. The predicted octanol–water partition coefficient (Wildman–Crippen LogP) is 3.27. The van der Waals surface area contributed by atoms with E-state index in [4.69, 9.17) is 0 Å². The van der Waals surface area contributed by atoms with E-state index in [-0.39, 0.29) is 21.5 Å². The molecule has 0 N–H and O–H groups in total. The van der Waals surface area contributed by atoms with E-state index >= 15 is 0 Å². The Balaban J connectivity index is 3.22. The van der Waals surface area contributed by atoms with E-state index in [1.165, 1.54) is 19.1 Å². The Kier molecular flexibility index (Phi) is 3.57. The lowest BCUT2D eigenvalue weighted by molar-refractivity contribution is -0.386. The van der Waals surface area contributed by atoms with Crippen molar-refractivity contribution in [3.63, 3.8) is 0 Å². The molecule has 82 valence electrons. The smallest absolute Gasteiger partial charge is 0.387 e. The highest BCUT2D eigenvalue weighted by atomic mass is 79.9. The van der Waals surface area contributed by atoms with Gasteiger partial charge in [0.2, 0.25) is 0 Å². The van der Waals surface area contributed by atoms with Crippen molar-refractivity contribution in [1.29, 1.82) is 0 Å². The van der Waals surface area contributed by atoms with Gasteiger partial charge in [-0.1, -0.05) is 0 Å². The van der Waals surface area contributed by atoms with Crippen LogP contribution in [0.2, 0.25) is 0 Å². The van der Waals surface area contributed by atoms with Gasteiger partial charge in [0.25, 0.3) is 5.69 Å². The van der Waals surface area contributed by atoms with Gasteiger partial charge in [-0.25, -0.2) is 0 Å². The molecule has 15 heavy (non-hydrogen) atoms. The second-order valence-corrected chi connectivity index (χ2v) is 3.51. The Labute approximate surface area is 92.1 Å². The van der Waals surface area contributed by atoms with Crippen molar-refractivity contribution in [1.82, 2.24) is 0 Å². The molecule has 0 aliphatic heterocycles. The summed E-state index contributed by atoms with van der Waals surface area (Å²) < 4.78 is 28.2. The van der Waals surface area contributed by atoms with E-state index in [2.05, 4.69) is 20.7 Å². The molecule has 0 radical (unpaired) electrons. The van der Waals surface area contributed by atoms with Gasteiger partial charge in [-0.15, -0.1) is 0 Å². The topological polar surface area (TPSA) is 52.4 Å². The highest BCUT2D eigenvalue weighted by Gasteiger charge is 2.20. The molecule has 0 aromatic heterocycles. The lowest BCUT2D eigenvalue weighted by Crippen LogP contribution is -2.04. The van der Waals surface area contributed by atoms with Crippen LogP contribution in [0.25, 0.3) is 0 Å². The molecule has 1 rings (SSSR count). The Bertz CT molecular complexity index is 398. The van der Waals surface area contributed by atoms with Crippen molar-refractivity contribution in [3.05, 3.63) is 32.3 Å². The van der Waals surface area contributed by atoms with Crippen LogP contribution in [-0.2, 0) is 0 Å². The molecule has 1 aromatic rings. The number of rotatable bonds is 3.